The van der Waals surface area contributed by atoms with E-state index in [1.165, 1.54) is 11.3 Å². The molecule has 1 aromatic carbocycles. The first kappa shape index (κ1) is 17.4. The molecule has 0 unspecified atom stereocenters. The van der Waals surface area contributed by atoms with Gasteiger partial charge in [-0.15, -0.1) is 0 Å². The fourth-order valence-electron chi connectivity index (χ4n) is 1.43. The van der Waals surface area contributed by atoms with Gasteiger partial charge in [0.1, 0.15) is 0 Å². The number of nitrogens with one attached hydrogen (secondary N) is 1. The van der Waals surface area contributed by atoms with E-state index in [1.54, 1.807) is 6.20 Å². The molecular formula is C17H28N2. The fraction of sp³-hybridized carbons (Fsp3) is 0.471. The number of aromatic nitrogens is 2. The SMILES string of the molecule is CC.CC(C)c1ccccc1.CC(C)c1ccn[nH]1. The Balaban J connectivity index is 0.000000303. The third-order valence-electron chi connectivity index (χ3n) is 2.61. The Morgan fingerprint density at radius 2 is 1.42 bits per heavy atom. The van der Waals surface area contributed by atoms with Crippen molar-refractivity contribution in [3.05, 3.63) is 53.9 Å². The Morgan fingerprint density at radius 3 is 1.68 bits per heavy atom. The molecule has 1 aromatic heterocycles. The summed E-state index contributed by atoms with van der Waals surface area (Å²) in [5, 5.41) is 6.70. The molecule has 0 radical (unpaired) electrons. The third kappa shape index (κ3) is 7.45. The van der Waals surface area contributed by atoms with E-state index in [4.69, 9.17) is 0 Å². The van der Waals surface area contributed by atoms with Gasteiger partial charge in [-0.2, -0.15) is 5.10 Å². The minimum absolute atomic E-state index is 0.567. The smallest absolute Gasteiger partial charge is 0.0490 e. The van der Waals surface area contributed by atoms with Gasteiger partial charge in [-0.3, -0.25) is 5.10 Å². The molecule has 0 aliphatic rings. The van der Waals surface area contributed by atoms with Crippen LogP contribution in [0.1, 0.15) is 64.6 Å². The van der Waals surface area contributed by atoms with Crippen LogP contribution >= 0.6 is 0 Å². The van der Waals surface area contributed by atoms with Gasteiger partial charge >= 0.3 is 0 Å². The van der Waals surface area contributed by atoms with Crippen molar-refractivity contribution in [2.24, 2.45) is 0 Å². The van der Waals surface area contributed by atoms with Crippen LogP contribution in [0, 0.1) is 0 Å². The predicted molar refractivity (Wildman–Crippen MR) is 84.6 cm³/mol. The normalized spacial score (nSPS) is 9.47. The summed E-state index contributed by atoms with van der Waals surface area (Å²) in [5.74, 6) is 1.23. The molecule has 106 valence electrons. The highest BCUT2D eigenvalue weighted by Crippen LogP contribution is 2.11. The third-order valence-corrected chi connectivity index (χ3v) is 2.61. The summed E-state index contributed by atoms with van der Waals surface area (Å²) in [6.45, 7) is 12.7. The topological polar surface area (TPSA) is 28.7 Å². The quantitative estimate of drug-likeness (QED) is 0.772. The van der Waals surface area contributed by atoms with Gasteiger partial charge < -0.3 is 0 Å². The van der Waals surface area contributed by atoms with E-state index in [2.05, 4.69) is 62.2 Å². The van der Waals surface area contributed by atoms with E-state index in [9.17, 15) is 0 Å². The monoisotopic (exact) mass is 260 g/mol. The van der Waals surface area contributed by atoms with Gasteiger partial charge in [-0.25, -0.2) is 0 Å². The molecule has 0 saturated heterocycles. The van der Waals surface area contributed by atoms with Gasteiger partial charge in [-0.1, -0.05) is 71.9 Å². The molecule has 0 aliphatic heterocycles. The maximum atomic E-state index is 3.82. The highest BCUT2D eigenvalue weighted by molar-refractivity contribution is 5.17. The van der Waals surface area contributed by atoms with Crippen molar-refractivity contribution < 1.29 is 0 Å². The van der Waals surface area contributed by atoms with Crippen LogP contribution in [0.3, 0.4) is 0 Å². The lowest BCUT2D eigenvalue weighted by molar-refractivity contribution is 0.810. The van der Waals surface area contributed by atoms with E-state index in [1.807, 2.05) is 26.0 Å². The van der Waals surface area contributed by atoms with Crippen LogP contribution in [0.5, 0.6) is 0 Å². The fourth-order valence-corrected chi connectivity index (χ4v) is 1.43. The maximum Gasteiger partial charge on any atom is 0.0490 e. The number of hydrogen-bond donors (Lipinski definition) is 1. The Kier molecular flexibility index (Phi) is 9.51. The molecule has 0 atom stereocenters. The molecule has 0 amide bonds. The largest absolute Gasteiger partial charge is 0.282 e. The Bertz CT molecular complexity index is 388. The molecule has 1 heterocycles. The van der Waals surface area contributed by atoms with Crippen molar-refractivity contribution in [2.75, 3.05) is 0 Å². The molecule has 0 spiro atoms. The van der Waals surface area contributed by atoms with Crippen LogP contribution < -0.4 is 0 Å². The standard InChI is InChI=1S/C9H12.C6H10N2.C2H6/c1-8(2)9-6-4-3-5-7-9;1-5(2)6-3-4-7-8-6;1-2/h3-8H,1-2H3;3-5H,1-2H3,(H,7,8);1-2H3. The minimum atomic E-state index is 0.567. The molecule has 2 nitrogen and oxygen atoms in total. The zero-order chi connectivity index (χ0) is 14.7. The molecular weight excluding hydrogens is 232 g/mol. The van der Waals surface area contributed by atoms with Crippen LogP contribution in [0.4, 0.5) is 0 Å². The lowest BCUT2D eigenvalue weighted by Crippen LogP contribution is -1.85. The Labute approximate surface area is 118 Å². The molecule has 0 bridgehead atoms. The molecule has 0 saturated carbocycles. The van der Waals surface area contributed by atoms with Gasteiger partial charge in [0.2, 0.25) is 0 Å². The Hall–Kier alpha value is -1.57. The molecule has 0 fully saturated rings. The number of H-pyrrole nitrogens is 1. The maximum absolute atomic E-state index is 3.82. The van der Waals surface area contributed by atoms with Crippen molar-refractivity contribution >= 4 is 0 Å². The van der Waals surface area contributed by atoms with E-state index < -0.39 is 0 Å². The van der Waals surface area contributed by atoms with E-state index in [-0.39, 0.29) is 0 Å². The summed E-state index contributed by atoms with van der Waals surface area (Å²) >= 11 is 0. The molecule has 0 aliphatic carbocycles. The first-order valence-corrected chi connectivity index (χ1v) is 7.15. The van der Waals surface area contributed by atoms with Gasteiger partial charge in [-0.05, 0) is 23.5 Å². The molecule has 19 heavy (non-hydrogen) atoms. The average Bonchev–Trinajstić information content (AvgIpc) is 2.97. The summed E-state index contributed by atoms with van der Waals surface area (Å²) in [5.41, 5.74) is 2.61. The number of hydrogen-bond acceptors (Lipinski definition) is 1. The zero-order valence-corrected chi connectivity index (χ0v) is 13.1. The number of rotatable bonds is 2. The molecule has 2 rings (SSSR count). The lowest BCUT2D eigenvalue weighted by atomic mass is 10.0. The molecule has 2 aromatic rings. The van der Waals surface area contributed by atoms with Crippen molar-refractivity contribution in [1.82, 2.24) is 10.2 Å². The summed E-state index contributed by atoms with van der Waals surface area (Å²) in [6.07, 6.45) is 1.77. The number of nitrogens with zero attached hydrogens (tertiary/aromatic N) is 1. The van der Waals surface area contributed by atoms with Gasteiger partial charge in [0, 0.05) is 11.9 Å². The van der Waals surface area contributed by atoms with E-state index in [0.717, 1.165) is 0 Å². The molecule has 2 heteroatoms. The van der Waals surface area contributed by atoms with Crippen LogP contribution in [0.15, 0.2) is 42.6 Å². The number of benzene rings is 1. The van der Waals surface area contributed by atoms with Crippen LogP contribution in [0.25, 0.3) is 0 Å². The van der Waals surface area contributed by atoms with Crippen molar-refractivity contribution in [3.63, 3.8) is 0 Å². The van der Waals surface area contributed by atoms with E-state index in [0.29, 0.717) is 11.8 Å². The highest BCUT2D eigenvalue weighted by atomic mass is 15.1. The van der Waals surface area contributed by atoms with Crippen LogP contribution in [-0.2, 0) is 0 Å². The van der Waals surface area contributed by atoms with Gasteiger partial charge in [0.25, 0.3) is 0 Å². The first-order chi connectivity index (χ1) is 9.11. The molecule has 1 N–H and O–H groups in total. The summed E-state index contributed by atoms with van der Waals surface area (Å²) < 4.78 is 0. The summed E-state index contributed by atoms with van der Waals surface area (Å²) in [7, 11) is 0. The van der Waals surface area contributed by atoms with Crippen LogP contribution in [0.2, 0.25) is 0 Å². The Morgan fingerprint density at radius 1 is 0.842 bits per heavy atom. The summed E-state index contributed by atoms with van der Waals surface area (Å²) in [4.78, 5) is 0. The predicted octanol–water partition coefficient (Wildman–Crippen LogP) is 5.37. The van der Waals surface area contributed by atoms with Gasteiger partial charge in [0.15, 0.2) is 0 Å². The first-order valence-electron chi connectivity index (χ1n) is 7.15. The summed E-state index contributed by atoms with van der Waals surface area (Å²) in [6, 6.07) is 12.5. The van der Waals surface area contributed by atoms with E-state index >= 15 is 0 Å². The second-order valence-corrected chi connectivity index (χ2v) is 4.73. The van der Waals surface area contributed by atoms with Gasteiger partial charge in [0.05, 0.1) is 0 Å². The van der Waals surface area contributed by atoms with Crippen molar-refractivity contribution in [3.8, 4) is 0 Å². The highest BCUT2D eigenvalue weighted by Gasteiger charge is 1.96. The average molecular weight is 260 g/mol. The van der Waals surface area contributed by atoms with Crippen molar-refractivity contribution in [2.45, 2.75) is 53.4 Å². The number of aromatic amines is 1. The van der Waals surface area contributed by atoms with Crippen LogP contribution in [-0.4, -0.2) is 10.2 Å². The second-order valence-electron chi connectivity index (χ2n) is 4.73. The lowest BCUT2D eigenvalue weighted by Gasteiger charge is -2.01. The van der Waals surface area contributed by atoms with Crippen molar-refractivity contribution in [1.29, 1.82) is 0 Å². The zero-order valence-electron chi connectivity index (χ0n) is 13.1. The second kappa shape index (κ2) is 10.4. The minimum Gasteiger partial charge on any atom is -0.282 e.